The number of nitrogens with zero attached hydrogens (tertiary/aromatic N) is 1. The Hall–Kier alpha value is -1.61. The predicted octanol–water partition coefficient (Wildman–Crippen LogP) is 5.59. The second-order valence-electron chi connectivity index (χ2n) is 7.18. The SMILES string of the molecule is CCCCC(C)C1CC(n2cc(C=O)c3ccccc32)OC1CC. The molecule has 0 amide bonds. The minimum Gasteiger partial charge on any atom is -0.355 e. The number of carbonyl (C=O) groups excluding carboxylic acids is 1. The monoisotopic (exact) mass is 327 g/mol. The Morgan fingerprint density at radius 1 is 1.33 bits per heavy atom. The Balaban J connectivity index is 1.87. The van der Waals surface area contributed by atoms with Crippen LogP contribution in [-0.4, -0.2) is 17.0 Å². The van der Waals surface area contributed by atoms with E-state index in [-0.39, 0.29) is 6.23 Å². The zero-order valence-electron chi connectivity index (χ0n) is 15.1. The van der Waals surface area contributed by atoms with Gasteiger partial charge in [-0.3, -0.25) is 4.79 Å². The summed E-state index contributed by atoms with van der Waals surface area (Å²) >= 11 is 0. The number of aromatic nitrogens is 1. The Morgan fingerprint density at radius 3 is 2.83 bits per heavy atom. The van der Waals surface area contributed by atoms with Gasteiger partial charge in [-0.05, 0) is 30.7 Å². The van der Waals surface area contributed by atoms with E-state index in [4.69, 9.17) is 4.74 Å². The number of fused-ring (bicyclic) bond motifs is 1. The average molecular weight is 327 g/mol. The van der Waals surface area contributed by atoms with E-state index in [1.807, 2.05) is 24.4 Å². The van der Waals surface area contributed by atoms with Crippen molar-refractivity contribution in [3.63, 3.8) is 0 Å². The summed E-state index contributed by atoms with van der Waals surface area (Å²) in [7, 11) is 0. The number of ether oxygens (including phenoxy) is 1. The summed E-state index contributed by atoms with van der Waals surface area (Å²) in [5, 5.41) is 1.02. The molecule has 0 bridgehead atoms. The number of unbranched alkanes of at least 4 members (excludes halogenated alkanes) is 1. The standard InChI is InChI=1S/C21H29NO2/c1-4-6-9-15(3)18-12-21(24-20(18)5-2)22-13-16(14-23)17-10-7-8-11-19(17)22/h7-8,10-11,13-15,18,20-21H,4-6,9,12H2,1-3H3. The summed E-state index contributed by atoms with van der Waals surface area (Å²) in [4.78, 5) is 11.4. The molecule has 130 valence electrons. The first kappa shape index (κ1) is 17.2. The lowest BCUT2D eigenvalue weighted by Crippen LogP contribution is -2.21. The van der Waals surface area contributed by atoms with E-state index in [2.05, 4.69) is 31.4 Å². The van der Waals surface area contributed by atoms with Crippen LogP contribution in [0.2, 0.25) is 0 Å². The van der Waals surface area contributed by atoms with E-state index >= 15 is 0 Å². The average Bonchev–Trinajstić information content (AvgIpc) is 3.20. The Morgan fingerprint density at radius 2 is 2.12 bits per heavy atom. The van der Waals surface area contributed by atoms with Crippen molar-refractivity contribution in [1.29, 1.82) is 0 Å². The molecule has 0 aliphatic carbocycles. The lowest BCUT2D eigenvalue weighted by molar-refractivity contribution is -0.00810. The smallest absolute Gasteiger partial charge is 0.152 e. The normalized spacial score (nSPS) is 25.2. The molecule has 1 aliphatic rings. The van der Waals surface area contributed by atoms with E-state index in [1.165, 1.54) is 19.3 Å². The van der Waals surface area contributed by atoms with Gasteiger partial charge in [0.1, 0.15) is 6.23 Å². The molecule has 24 heavy (non-hydrogen) atoms. The minimum atomic E-state index is 0.0441. The van der Waals surface area contributed by atoms with Gasteiger partial charge < -0.3 is 9.30 Å². The number of benzene rings is 1. The Labute approximate surface area is 145 Å². The van der Waals surface area contributed by atoms with Gasteiger partial charge in [-0.1, -0.05) is 58.2 Å². The fourth-order valence-corrected chi connectivity index (χ4v) is 4.22. The summed E-state index contributed by atoms with van der Waals surface area (Å²) in [5.74, 6) is 1.29. The van der Waals surface area contributed by atoms with Gasteiger partial charge in [0.25, 0.3) is 0 Å². The maximum absolute atomic E-state index is 11.4. The van der Waals surface area contributed by atoms with Crippen LogP contribution in [0.15, 0.2) is 30.5 Å². The van der Waals surface area contributed by atoms with E-state index in [0.717, 1.165) is 35.6 Å². The first-order valence-corrected chi connectivity index (χ1v) is 9.39. The Bertz CT molecular complexity index is 690. The van der Waals surface area contributed by atoms with Gasteiger partial charge in [0.05, 0.1) is 11.6 Å². The third-order valence-corrected chi connectivity index (χ3v) is 5.64. The molecule has 3 nitrogen and oxygen atoms in total. The van der Waals surface area contributed by atoms with Gasteiger partial charge in [0.2, 0.25) is 0 Å². The third kappa shape index (κ3) is 3.14. The second kappa shape index (κ2) is 7.52. The second-order valence-corrected chi connectivity index (χ2v) is 7.18. The van der Waals surface area contributed by atoms with Crippen molar-refractivity contribution in [3.05, 3.63) is 36.0 Å². The van der Waals surface area contributed by atoms with Crippen molar-refractivity contribution in [2.45, 2.75) is 65.2 Å². The first-order chi connectivity index (χ1) is 11.7. The topological polar surface area (TPSA) is 31.2 Å². The van der Waals surface area contributed by atoms with Gasteiger partial charge in [0, 0.05) is 17.1 Å². The zero-order valence-corrected chi connectivity index (χ0v) is 15.1. The molecule has 2 aromatic rings. The molecule has 0 spiro atoms. The molecule has 0 N–H and O–H groups in total. The lowest BCUT2D eigenvalue weighted by Gasteiger charge is -2.23. The van der Waals surface area contributed by atoms with Crippen LogP contribution in [0.1, 0.15) is 69.5 Å². The highest BCUT2D eigenvalue weighted by atomic mass is 16.5. The lowest BCUT2D eigenvalue weighted by atomic mass is 9.83. The summed E-state index contributed by atoms with van der Waals surface area (Å²) in [5.41, 5.74) is 1.85. The highest BCUT2D eigenvalue weighted by molar-refractivity contribution is 5.97. The van der Waals surface area contributed by atoms with Crippen LogP contribution >= 0.6 is 0 Å². The molecule has 2 heterocycles. The van der Waals surface area contributed by atoms with Crippen LogP contribution in [0.4, 0.5) is 0 Å². The van der Waals surface area contributed by atoms with Gasteiger partial charge >= 0.3 is 0 Å². The zero-order chi connectivity index (χ0) is 17.1. The molecule has 4 unspecified atom stereocenters. The predicted molar refractivity (Wildman–Crippen MR) is 98.3 cm³/mol. The first-order valence-electron chi connectivity index (χ1n) is 9.39. The molecule has 0 saturated carbocycles. The fraction of sp³-hybridized carbons (Fsp3) is 0.571. The Kier molecular flexibility index (Phi) is 5.40. The van der Waals surface area contributed by atoms with Crippen LogP contribution in [0, 0.1) is 11.8 Å². The van der Waals surface area contributed by atoms with E-state index < -0.39 is 0 Å². The molecular weight excluding hydrogens is 298 g/mol. The fourth-order valence-electron chi connectivity index (χ4n) is 4.22. The van der Waals surface area contributed by atoms with Crippen LogP contribution < -0.4 is 0 Å². The van der Waals surface area contributed by atoms with Crippen LogP contribution in [0.3, 0.4) is 0 Å². The number of carbonyl (C=O) groups is 1. The van der Waals surface area contributed by atoms with E-state index in [0.29, 0.717) is 17.9 Å². The summed E-state index contributed by atoms with van der Waals surface area (Å²) in [6, 6.07) is 8.12. The molecule has 3 rings (SSSR count). The number of hydrogen-bond acceptors (Lipinski definition) is 2. The minimum absolute atomic E-state index is 0.0441. The number of para-hydroxylation sites is 1. The van der Waals surface area contributed by atoms with Crippen LogP contribution in [0.5, 0.6) is 0 Å². The van der Waals surface area contributed by atoms with Gasteiger partial charge in [-0.2, -0.15) is 0 Å². The number of rotatable bonds is 7. The number of aldehydes is 1. The van der Waals surface area contributed by atoms with Gasteiger partial charge in [0.15, 0.2) is 6.29 Å². The maximum Gasteiger partial charge on any atom is 0.152 e. The molecule has 1 fully saturated rings. The van der Waals surface area contributed by atoms with Crippen molar-refractivity contribution < 1.29 is 9.53 Å². The third-order valence-electron chi connectivity index (χ3n) is 5.64. The highest BCUT2D eigenvalue weighted by Gasteiger charge is 2.38. The van der Waals surface area contributed by atoms with Crippen molar-refractivity contribution in [2.24, 2.45) is 11.8 Å². The summed E-state index contributed by atoms with van der Waals surface area (Å²) < 4.78 is 8.60. The van der Waals surface area contributed by atoms with Gasteiger partial charge in [-0.15, -0.1) is 0 Å². The molecule has 0 radical (unpaired) electrons. The maximum atomic E-state index is 11.4. The van der Waals surface area contributed by atoms with Crippen molar-refractivity contribution in [1.82, 2.24) is 4.57 Å². The van der Waals surface area contributed by atoms with E-state index in [1.54, 1.807) is 0 Å². The van der Waals surface area contributed by atoms with Crippen LogP contribution in [0.25, 0.3) is 10.9 Å². The van der Waals surface area contributed by atoms with E-state index in [9.17, 15) is 4.79 Å². The molecule has 1 aromatic heterocycles. The van der Waals surface area contributed by atoms with Gasteiger partial charge in [-0.25, -0.2) is 0 Å². The van der Waals surface area contributed by atoms with Crippen molar-refractivity contribution in [2.75, 3.05) is 0 Å². The van der Waals surface area contributed by atoms with Crippen molar-refractivity contribution in [3.8, 4) is 0 Å². The van der Waals surface area contributed by atoms with Crippen LogP contribution in [-0.2, 0) is 4.74 Å². The largest absolute Gasteiger partial charge is 0.355 e. The number of hydrogen-bond donors (Lipinski definition) is 0. The quantitative estimate of drug-likeness (QED) is 0.620. The van der Waals surface area contributed by atoms with Crippen molar-refractivity contribution >= 4 is 17.2 Å². The molecule has 3 heteroatoms. The molecule has 1 aliphatic heterocycles. The molecule has 1 saturated heterocycles. The summed E-state index contributed by atoms with van der Waals surface area (Å²) in [6.45, 7) is 6.85. The summed E-state index contributed by atoms with van der Waals surface area (Å²) in [6.07, 6.45) is 9.20. The molecular formula is C21H29NO2. The molecule has 4 atom stereocenters. The molecule has 1 aromatic carbocycles. The highest BCUT2D eigenvalue weighted by Crippen LogP contribution is 2.42.